The smallest absolute Gasteiger partial charge is 0.200 e. The maximum atomic E-state index is 11.0. The van der Waals surface area contributed by atoms with E-state index < -0.39 is 30.1 Å². The minimum Gasteiger partial charge on any atom is -0.386 e. The van der Waals surface area contributed by atoms with Gasteiger partial charge < -0.3 is 25.7 Å². The van der Waals surface area contributed by atoms with Crippen LogP contribution in [-0.2, 0) is 4.74 Å². The summed E-state index contributed by atoms with van der Waals surface area (Å²) in [5.74, 6) is 5.18. The van der Waals surface area contributed by atoms with Crippen LogP contribution in [0.4, 0.5) is 5.95 Å². The third kappa shape index (κ3) is 2.59. The Morgan fingerprint density at radius 2 is 2.36 bits per heavy atom. The minimum atomic E-state index is -2.00. The van der Waals surface area contributed by atoms with Crippen molar-refractivity contribution in [2.24, 2.45) is 5.18 Å². The molecule has 1 aliphatic heterocycles. The third-order valence-electron chi connectivity index (χ3n) is 4.09. The summed E-state index contributed by atoms with van der Waals surface area (Å²) in [4.78, 5) is 21.8. The second-order valence-corrected chi connectivity index (χ2v) is 6.13. The standard InChI is InChI=1S/C14H16N6O4S/c1-3-4-14(22)9(21)8(6(2)19-23)24-12(14)20-5-16-7-10(20)17-13(15)18-11(7)25/h5-6,8-9,12,21-22H,1-2H3,(H3,15,17,18,25)/t6-,8+,9?,12+,14+/m0/s1. The molecule has 1 fully saturated rings. The molecule has 0 aromatic carbocycles. The van der Waals surface area contributed by atoms with Crippen molar-refractivity contribution in [1.82, 2.24) is 19.5 Å². The quantitative estimate of drug-likeness (QED) is 0.343. The van der Waals surface area contributed by atoms with Crippen molar-refractivity contribution in [2.45, 2.75) is 43.9 Å². The number of rotatable bonds is 3. The van der Waals surface area contributed by atoms with E-state index in [-0.39, 0.29) is 16.2 Å². The van der Waals surface area contributed by atoms with Gasteiger partial charge in [0.2, 0.25) is 5.95 Å². The van der Waals surface area contributed by atoms with Crippen LogP contribution in [-0.4, -0.2) is 53.6 Å². The Balaban J connectivity index is 2.19. The molecule has 0 spiro atoms. The summed E-state index contributed by atoms with van der Waals surface area (Å²) in [5.41, 5.74) is 4.29. The molecule has 3 heterocycles. The number of aromatic nitrogens is 4. The first kappa shape index (κ1) is 17.4. The Morgan fingerprint density at radius 1 is 1.64 bits per heavy atom. The van der Waals surface area contributed by atoms with Gasteiger partial charge in [-0.2, -0.15) is 9.89 Å². The number of aliphatic hydroxyl groups excluding tert-OH is 1. The van der Waals surface area contributed by atoms with Crippen molar-refractivity contribution in [3.8, 4) is 11.8 Å². The van der Waals surface area contributed by atoms with Crippen LogP contribution in [0.2, 0.25) is 0 Å². The molecule has 10 nitrogen and oxygen atoms in total. The first-order chi connectivity index (χ1) is 11.8. The van der Waals surface area contributed by atoms with E-state index in [0.29, 0.717) is 5.52 Å². The van der Waals surface area contributed by atoms with Gasteiger partial charge in [0.05, 0.1) is 6.33 Å². The summed E-state index contributed by atoms with van der Waals surface area (Å²) in [6.07, 6.45) is -2.35. The fraction of sp³-hybridized carbons (Fsp3) is 0.500. The summed E-state index contributed by atoms with van der Waals surface area (Å²) in [6.45, 7) is 2.98. The predicted octanol–water partition coefficient (Wildman–Crippen LogP) is 0.239. The highest BCUT2D eigenvalue weighted by Gasteiger charge is 2.57. The van der Waals surface area contributed by atoms with E-state index in [4.69, 9.17) is 22.7 Å². The number of anilines is 1. The number of nitroso groups, excluding NO2 is 1. The van der Waals surface area contributed by atoms with Gasteiger partial charge in [0.1, 0.15) is 28.4 Å². The van der Waals surface area contributed by atoms with Crippen LogP contribution < -0.4 is 5.73 Å². The topological polar surface area (TPSA) is 152 Å². The van der Waals surface area contributed by atoms with E-state index in [2.05, 4.69) is 32.0 Å². The highest BCUT2D eigenvalue weighted by Crippen LogP contribution is 2.41. The number of hydrogen-bond acceptors (Lipinski definition) is 9. The Kier molecular flexibility index (Phi) is 4.29. The maximum absolute atomic E-state index is 11.0. The third-order valence-corrected chi connectivity index (χ3v) is 4.39. The Morgan fingerprint density at radius 3 is 3.00 bits per heavy atom. The van der Waals surface area contributed by atoms with Crippen LogP contribution in [0.1, 0.15) is 20.1 Å². The molecule has 25 heavy (non-hydrogen) atoms. The molecule has 0 radical (unpaired) electrons. The number of aromatic amines is 1. The van der Waals surface area contributed by atoms with Crippen LogP contribution in [0.25, 0.3) is 11.2 Å². The summed E-state index contributed by atoms with van der Waals surface area (Å²) >= 11 is 5.16. The lowest BCUT2D eigenvalue weighted by Crippen LogP contribution is -2.47. The van der Waals surface area contributed by atoms with Crippen LogP contribution in [0.3, 0.4) is 0 Å². The molecule has 0 amide bonds. The lowest BCUT2D eigenvalue weighted by Gasteiger charge is -2.26. The molecular weight excluding hydrogens is 348 g/mol. The van der Waals surface area contributed by atoms with Crippen molar-refractivity contribution < 1.29 is 14.9 Å². The van der Waals surface area contributed by atoms with Gasteiger partial charge in [-0.25, -0.2) is 4.98 Å². The van der Waals surface area contributed by atoms with E-state index in [1.807, 2.05) is 0 Å². The van der Waals surface area contributed by atoms with Gasteiger partial charge in [-0.15, -0.1) is 5.92 Å². The molecule has 2 aromatic rings. The van der Waals surface area contributed by atoms with Crippen LogP contribution >= 0.6 is 12.2 Å². The molecule has 0 saturated carbocycles. The second kappa shape index (κ2) is 6.16. The Hall–Kier alpha value is -2.39. The number of H-pyrrole nitrogens is 1. The number of nitrogens with two attached hydrogens (primary N) is 1. The number of nitrogen functional groups attached to an aromatic ring is 1. The van der Waals surface area contributed by atoms with Gasteiger partial charge in [-0.1, -0.05) is 23.3 Å². The number of nitrogens with one attached hydrogen (secondary N) is 1. The summed E-state index contributed by atoms with van der Waals surface area (Å²) in [6, 6.07) is -0.902. The first-order valence-corrected chi connectivity index (χ1v) is 7.79. The average molecular weight is 364 g/mol. The molecule has 1 unspecified atom stereocenters. The van der Waals surface area contributed by atoms with E-state index in [1.165, 1.54) is 24.7 Å². The molecule has 1 aliphatic rings. The monoisotopic (exact) mass is 364 g/mol. The fourth-order valence-corrected chi connectivity index (χ4v) is 3.14. The predicted molar refractivity (Wildman–Crippen MR) is 90.7 cm³/mol. The number of nitrogens with zero attached hydrogens (tertiary/aromatic N) is 4. The van der Waals surface area contributed by atoms with Crippen molar-refractivity contribution in [2.75, 3.05) is 5.73 Å². The molecule has 5 N–H and O–H groups in total. The Labute approximate surface area is 147 Å². The van der Waals surface area contributed by atoms with Crippen molar-refractivity contribution >= 4 is 29.3 Å². The Bertz CT molecular complexity index is 946. The fourth-order valence-electron chi connectivity index (χ4n) is 2.89. The molecule has 0 aliphatic carbocycles. The zero-order valence-electron chi connectivity index (χ0n) is 13.4. The highest BCUT2D eigenvalue weighted by atomic mass is 32.1. The molecule has 5 atom stereocenters. The normalized spacial score (nSPS) is 30.0. The van der Waals surface area contributed by atoms with Crippen molar-refractivity contribution in [3.05, 3.63) is 15.9 Å². The minimum absolute atomic E-state index is 0.0578. The van der Waals surface area contributed by atoms with Gasteiger partial charge >= 0.3 is 0 Å². The van der Waals surface area contributed by atoms with E-state index in [9.17, 15) is 15.1 Å². The largest absolute Gasteiger partial charge is 0.386 e. The average Bonchev–Trinajstić information content (AvgIpc) is 3.08. The van der Waals surface area contributed by atoms with E-state index in [1.54, 1.807) is 0 Å². The summed E-state index contributed by atoms with van der Waals surface area (Å²) in [5, 5.41) is 24.4. The lowest BCUT2D eigenvalue weighted by molar-refractivity contribution is -0.0695. The van der Waals surface area contributed by atoms with Crippen LogP contribution in [0, 0.1) is 21.4 Å². The van der Waals surface area contributed by atoms with Gasteiger partial charge in [-0.05, 0) is 13.8 Å². The lowest BCUT2D eigenvalue weighted by atomic mass is 9.92. The zero-order chi connectivity index (χ0) is 18.4. The van der Waals surface area contributed by atoms with Gasteiger partial charge in [-0.3, -0.25) is 4.57 Å². The van der Waals surface area contributed by atoms with Gasteiger partial charge in [0.25, 0.3) is 0 Å². The van der Waals surface area contributed by atoms with E-state index in [0.717, 1.165) is 0 Å². The van der Waals surface area contributed by atoms with E-state index >= 15 is 0 Å². The van der Waals surface area contributed by atoms with Gasteiger partial charge in [0, 0.05) is 0 Å². The number of hydrogen-bond donors (Lipinski definition) is 4. The van der Waals surface area contributed by atoms with Crippen molar-refractivity contribution in [3.63, 3.8) is 0 Å². The molecule has 0 bridgehead atoms. The summed E-state index contributed by atoms with van der Waals surface area (Å²) < 4.78 is 7.37. The molecule has 132 valence electrons. The van der Waals surface area contributed by atoms with Crippen LogP contribution in [0.15, 0.2) is 11.5 Å². The van der Waals surface area contributed by atoms with Crippen molar-refractivity contribution in [1.29, 1.82) is 0 Å². The maximum Gasteiger partial charge on any atom is 0.200 e. The molecule has 3 rings (SSSR count). The SMILES string of the molecule is CC#C[C@@]1(O)C(O)[C@@H]([C@H](C)N=O)O[C@H]1n1cnc2c(=S)[nH]c(N)nc21. The first-order valence-electron chi connectivity index (χ1n) is 7.38. The van der Waals surface area contributed by atoms with Crippen LogP contribution in [0.5, 0.6) is 0 Å². The number of fused-ring (bicyclic) bond motifs is 1. The number of imidazole rings is 1. The molecule has 2 aromatic heterocycles. The highest BCUT2D eigenvalue weighted by molar-refractivity contribution is 7.71. The second-order valence-electron chi connectivity index (χ2n) is 5.72. The molecular formula is C14H16N6O4S. The molecule has 11 heteroatoms. The summed E-state index contributed by atoms with van der Waals surface area (Å²) in [7, 11) is 0. The zero-order valence-corrected chi connectivity index (χ0v) is 14.2. The number of ether oxygens (including phenoxy) is 1. The molecule has 1 saturated heterocycles. The number of aliphatic hydroxyl groups is 2. The van der Waals surface area contributed by atoms with Gasteiger partial charge in [0.15, 0.2) is 17.5 Å².